The number of carbonyl (C=O) groups is 3. The molecule has 1 saturated heterocycles. The lowest BCUT2D eigenvalue weighted by atomic mass is 9.76. The van der Waals surface area contributed by atoms with Crippen molar-refractivity contribution in [1.82, 2.24) is 15.5 Å². The Morgan fingerprint density at radius 1 is 0.971 bits per heavy atom. The maximum absolute atomic E-state index is 13.5. The third kappa shape index (κ3) is 3.94. The number of nitrogens with one attached hydrogen (secondary N) is 2. The summed E-state index contributed by atoms with van der Waals surface area (Å²) >= 11 is 6.04. The fourth-order valence-electron chi connectivity index (χ4n) is 4.97. The molecule has 3 aromatic rings. The summed E-state index contributed by atoms with van der Waals surface area (Å²) in [5, 5.41) is 6.48. The van der Waals surface area contributed by atoms with Gasteiger partial charge in [0.1, 0.15) is 12.1 Å². The van der Waals surface area contributed by atoms with E-state index in [4.69, 9.17) is 11.6 Å². The Kier molecular flexibility index (Phi) is 5.84. The van der Waals surface area contributed by atoms with E-state index < -0.39 is 23.5 Å². The SMILES string of the molecule is O=C(CN1C(=O)N[C@]2(CCCc3ccccc32)C1=O)N[C@H](c1ccccc1)c1ccc(Cl)cc1. The Morgan fingerprint density at radius 2 is 1.65 bits per heavy atom. The Morgan fingerprint density at radius 3 is 2.41 bits per heavy atom. The largest absolute Gasteiger partial charge is 0.344 e. The molecule has 5 rings (SSSR count). The first-order chi connectivity index (χ1) is 16.5. The molecule has 1 heterocycles. The van der Waals surface area contributed by atoms with Crippen LogP contribution in [0.1, 0.15) is 41.1 Å². The summed E-state index contributed by atoms with van der Waals surface area (Å²) in [6.07, 6.45) is 2.17. The van der Waals surface area contributed by atoms with Gasteiger partial charge in [-0.15, -0.1) is 0 Å². The van der Waals surface area contributed by atoms with Gasteiger partial charge >= 0.3 is 6.03 Å². The van der Waals surface area contributed by atoms with Crippen LogP contribution in [0, 0.1) is 0 Å². The smallest absolute Gasteiger partial charge is 0.325 e. The van der Waals surface area contributed by atoms with E-state index in [9.17, 15) is 14.4 Å². The van der Waals surface area contributed by atoms with Crippen molar-refractivity contribution in [2.45, 2.75) is 30.8 Å². The summed E-state index contributed by atoms with van der Waals surface area (Å²) in [4.78, 5) is 40.5. The van der Waals surface area contributed by atoms with E-state index in [0.717, 1.165) is 40.0 Å². The molecule has 1 aliphatic heterocycles. The maximum atomic E-state index is 13.5. The predicted molar refractivity (Wildman–Crippen MR) is 129 cm³/mol. The van der Waals surface area contributed by atoms with E-state index in [2.05, 4.69) is 10.6 Å². The summed E-state index contributed by atoms with van der Waals surface area (Å²) in [7, 11) is 0. The van der Waals surface area contributed by atoms with Crippen LogP contribution in [0.25, 0.3) is 0 Å². The fraction of sp³-hybridized carbons (Fsp3) is 0.222. The van der Waals surface area contributed by atoms with Crippen LogP contribution in [-0.2, 0) is 21.5 Å². The number of halogens is 1. The molecule has 4 amide bonds. The highest BCUT2D eigenvalue weighted by Crippen LogP contribution is 2.39. The zero-order valence-corrected chi connectivity index (χ0v) is 19.2. The van der Waals surface area contributed by atoms with E-state index in [-0.39, 0.29) is 12.5 Å². The maximum Gasteiger partial charge on any atom is 0.325 e. The summed E-state index contributed by atoms with van der Waals surface area (Å²) in [6, 6.07) is 23.5. The van der Waals surface area contributed by atoms with Crippen molar-refractivity contribution in [3.63, 3.8) is 0 Å². The quantitative estimate of drug-likeness (QED) is 0.541. The van der Waals surface area contributed by atoms with Crippen LogP contribution >= 0.6 is 11.6 Å². The van der Waals surface area contributed by atoms with Crippen LogP contribution in [0.15, 0.2) is 78.9 Å². The van der Waals surface area contributed by atoms with Gasteiger partial charge in [0.15, 0.2) is 0 Å². The molecule has 2 N–H and O–H groups in total. The van der Waals surface area contributed by atoms with Crippen LogP contribution < -0.4 is 10.6 Å². The first-order valence-corrected chi connectivity index (χ1v) is 11.7. The molecule has 172 valence electrons. The van der Waals surface area contributed by atoms with E-state index in [1.165, 1.54) is 0 Å². The summed E-state index contributed by atoms with van der Waals surface area (Å²) in [5.74, 6) is -0.795. The monoisotopic (exact) mass is 473 g/mol. The first-order valence-electron chi connectivity index (χ1n) is 11.3. The van der Waals surface area contributed by atoms with Crippen molar-refractivity contribution in [1.29, 1.82) is 0 Å². The Labute approximate surface area is 202 Å². The molecule has 1 aliphatic carbocycles. The van der Waals surface area contributed by atoms with Crippen molar-refractivity contribution in [2.75, 3.05) is 6.54 Å². The zero-order chi connectivity index (χ0) is 23.7. The zero-order valence-electron chi connectivity index (χ0n) is 18.5. The third-order valence-electron chi connectivity index (χ3n) is 6.59. The third-order valence-corrected chi connectivity index (χ3v) is 6.85. The van der Waals surface area contributed by atoms with Gasteiger partial charge in [-0.1, -0.05) is 78.3 Å². The van der Waals surface area contributed by atoms with Gasteiger partial charge in [0, 0.05) is 5.02 Å². The molecule has 0 bridgehead atoms. The number of benzene rings is 3. The Bertz CT molecular complexity index is 1250. The van der Waals surface area contributed by atoms with Crippen LogP contribution in [0.3, 0.4) is 0 Å². The number of amides is 4. The number of fused-ring (bicyclic) bond motifs is 2. The second kappa shape index (κ2) is 8.95. The molecule has 0 aromatic heterocycles. The molecule has 6 nitrogen and oxygen atoms in total. The number of carbonyl (C=O) groups excluding carboxylic acids is 3. The Hall–Kier alpha value is -3.64. The van der Waals surface area contributed by atoms with Crippen LogP contribution in [0.2, 0.25) is 5.02 Å². The molecule has 7 heteroatoms. The number of hydrogen-bond acceptors (Lipinski definition) is 3. The van der Waals surface area contributed by atoms with E-state index in [1.807, 2.05) is 66.7 Å². The van der Waals surface area contributed by atoms with Crippen LogP contribution in [0.4, 0.5) is 4.79 Å². The van der Waals surface area contributed by atoms with Gasteiger partial charge in [-0.05, 0) is 53.6 Å². The van der Waals surface area contributed by atoms with E-state index in [1.54, 1.807) is 12.1 Å². The molecule has 34 heavy (non-hydrogen) atoms. The number of imide groups is 1. The molecule has 0 unspecified atom stereocenters. The predicted octanol–water partition coefficient (Wildman–Crippen LogP) is 4.33. The van der Waals surface area contributed by atoms with Crippen molar-refractivity contribution < 1.29 is 14.4 Å². The Balaban J connectivity index is 1.38. The molecular formula is C27H24ClN3O3. The van der Waals surface area contributed by atoms with Gasteiger partial charge in [0.05, 0.1) is 6.04 Å². The van der Waals surface area contributed by atoms with Crippen LogP contribution in [0.5, 0.6) is 0 Å². The average molecular weight is 474 g/mol. The second-order valence-corrected chi connectivity index (χ2v) is 9.14. The summed E-state index contributed by atoms with van der Waals surface area (Å²) in [5.41, 5.74) is 2.51. The standard InChI is InChI=1S/C27H24ClN3O3/c28-21-14-12-20(13-15-21)24(19-8-2-1-3-9-19)29-23(32)17-31-25(33)27(30-26(31)34)16-6-10-18-7-4-5-11-22(18)27/h1-5,7-9,11-15,24H,6,10,16-17H2,(H,29,32)(H,30,34)/t24-,27+/m1/s1. The lowest BCUT2D eigenvalue weighted by Crippen LogP contribution is -2.47. The van der Waals surface area contributed by atoms with Crippen molar-refractivity contribution in [2.24, 2.45) is 0 Å². The van der Waals surface area contributed by atoms with Crippen molar-refractivity contribution >= 4 is 29.4 Å². The van der Waals surface area contributed by atoms with Gasteiger partial charge in [-0.2, -0.15) is 0 Å². The highest BCUT2D eigenvalue weighted by atomic mass is 35.5. The molecule has 1 spiro atoms. The number of urea groups is 1. The number of hydrogen-bond donors (Lipinski definition) is 2. The molecular weight excluding hydrogens is 450 g/mol. The van der Waals surface area contributed by atoms with Gasteiger partial charge in [0.2, 0.25) is 5.91 Å². The lowest BCUT2D eigenvalue weighted by Gasteiger charge is -2.33. The molecule has 3 aromatic carbocycles. The van der Waals surface area contributed by atoms with E-state index >= 15 is 0 Å². The molecule has 1 fully saturated rings. The molecule has 0 saturated carbocycles. The highest BCUT2D eigenvalue weighted by Gasteiger charge is 2.54. The minimum Gasteiger partial charge on any atom is -0.344 e. The average Bonchev–Trinajstić information content (AvgIpc) is 3.08. The molecule has 2 aliphatic rings. The summed E-state index contributed by atoms with van der Waals surface area (Å²) in [6.45, 7) is -0.356. The number of aryl methyl sites for hydroxylation is 1. The normalized spacial score (nSPS) is 20.1. The molecule has 0 radical (unpaired) electrons. The first kappa shape index (κ1) is 22.2. The van der Waals surface area contributed by atoms with Gasteiger partial charge in [0.25, 0.3) is 5.91 Å². The number of nitrogens with zero attached hydrogens (tertiary/aromatic N) is 1. The number of rotatable bonds is 5. The highest BCUT2D eigenvalue weighted by molar-refractivity contribution is 6.30. The van der Waals surface area contributed by atoms with E-state index in [0.29, 0.717) is 11.4 Å². The van der Waals surface area contributed by atoms with Crippen molar-refractivity contribution in [3.8, 4) is 0 Å². The second-order valence-electron chi connectivity index (χ2n) is 8.70. The van der Waals surface area contributed by atoms with Crippen LogP contribution in [-0.4, -0.2) is 29.3 Å². The lowest BCUT2D eigenvalue weighted by molar-refractivity contribution is -0.135. The van der Waals surface area contributed by atoms with Crippen molar-refractivity contribution in [3.05, 3.63) is 106 Å². The minimum atomic E-state index is -1.10. The topological polar surface area (TPSA) is 78.5 Å². The molecule has 2 atom stereocenters. The van der Waals surface area contributed by atoms with Gasteiger partial charge in [-0.25, -0.2) is 4.79 Å². The summed E-state index contributed by atoms with van der Waals surface area (Å²) < 4.78 is 0. The van der Waals surface area contributed by atoms with Gasteiger partial charge < -0.3 is 10.6 Å². The van der Waals surface area contributed by atoms with Gasteiger partial charge in [-0.3, -0.25) is 14.5 Å². The minimum absolute atomic E-state index is 0.356. The fourth-order valence-corrected chi connectivity index (χ4v) is 5.09.